The maximum atomic E-state index is 11.5. The van der Waals surface area contributed by atoms with Crippen molar-refractivity contribution >= 4 is 16.9 Å². The molecule has 2 rings (SSSR count). The lowest BCUT2D eigenvalue weighted by molar-refractivity contribution is 0.0529. The number of phenolic OH excluding ortho intramolecular Hbond substituents is 1. The summed E-state index contributed by atoms with van der Waals surface area (Å²) in [4.78, 5) is 11.5. The van der Waals surface area contributed by atoms with Crippen LogP contribution in [0.5, 0.6) is 5.75 Å². The maximum Gasteiger partial charge on any atom is 0.407 e. The zero-order chi connectivity index (χ0) is 16.9. The first-order valence-corrected chi connectivity index (χ1v) is 7.53. The number of hydrogen-bond acceptors (Lipinski definition) is 3. The van der Waals surface area contributed by atoms with Crippen LogP contribution < -0.4 is 5.32 Å². The molecule has 0 atom stereocenters. The summed E-state index contributed by atoms with van der Waals surface area (Å²) in [6, 6.07) is 11.3. The van der Waals surface area contributed by atoms with Crippen molar-refractivity contribution in [3.63, 3.8) is 0 Å². The molecule has 0 saturated heterocycles. The van der Waals surface area contributed by atoms with E-state index in [1.807, 2.05) is 51.1 Å². The third-order valence-corrected chi connectivity index (χ3v) is 3.04. The minimum Gasteiger partial charge on any atom is -0.506 e. The molecule has 0 radical (unpaired) electrons. The van der Waals surface area contributed by atoms with Crippen LogP contribution in [0.3, 0.4) is 0 Å². The van der Waals surface area contributed by atoms with Gasteiger partial charge in [0.15, 0.2) is 0 Å². The molecule has 0 heterocycles. The fourth-order valence-corrected chi connectivity index (χ4v) is 2.05. The van der Waals surface area contributed by atoms with E-state index in [4.69, 9.17) is 4.74 Å². The van der Waals surface area contributed by atoms with E-state index in [1.165, 1.54) is 0 Å². The van der Waals surface area contributed by atoms with Gasteiger partial charge in [0.2, 0.25) is 0 Å². The third-order valence-electron chi connectivity index (χ3n) is 3.04. The summed E-state index contributed by atoms with van der Waals surface area (Å²) in [6.45, 7) is 5.84. The number of aromatic hydroxyl groups is 1. The van der Waals surface area contributed by atoms with E-state index in [2.05, 4.69) is 17.2 Å². The van der Waals surface area contributed by atoms with Crippen molar-refractivity contribution in [3.8, 4) is 17.6 Å². The highest BCUT2D eigenvalue weighted by atomic mass is 16.6. The lowest BCUT2D eigenvalue weighted by Crippen LogP contribution is -2.32. The van der Waals surface area contributed by atoms with Crippen molar-refractivity contribution in [1.29, 1.82) is 0 Å². The summed E-state index contributed by atoms with van der Waals surface area (Å²) < 4.78 is 5.13. The number of nitrogens with one attached hydrogen (secondary N) is 1. The molecule has 4 heteroatoms. The fraction of sp³-hybridized carbons (Fsp3) is 0.316. The molecule has 120 valence electrons. The van der Waals surface area contributed by atoms with Gasteiger partial charge in [-0.2, -0.15) is 0 Å². The second kappa shape index (κ2) is 7.06. The largest absolute Gasteiger partial charge is 0.506 e. The Balaban J connectivity index is 1.93. The van der Waals surface area contributed by atoms with Crippen LogP contribution in [0.15, 0.2) is 36.4 Å². The summed E-state index contributed by atoms with van der Waals surface area (Å²) >= 11 is 0. The lowest BCUT2D eigenvalue weighted by Gasteiger charge is -2.19. The molecule has 0 saturated carbocycles. The van der Waals surface area contributed by atoms with Crippen molar-refractivity contribution in [3.05, 3.63) is 42.0 Å². The molecule has 0 unspecified atom stereocenters. The Morgan fingerprint density at radius 1 is 1.22 bits per heavy atom. The zero-order valence-corrected chi connectivity index (χ0v) is 13.6. The second-order valence-electron chi connectivity index (χ2n) is 6.16. The van der Waals surface area contributed by atoms with Gasteiger partial charge in [-0.1, -0.05) is 42.2 Å². The molecule has 1 amide bonds. The van der Waals surface area contributed by atoms with Crippen molar-refractivity contribution in [2.75, 3.05) is 6.54 Å². The number of fused-ring (bicyclic) bond motifs is 1. The van der Waals surface area contributed by atoms with Gasteiger partial charge in [0.25, 0.3) is 0 Å². The summed E-state index contributed by atoms with van der Waals surface area (Å²) in [5.74, 6) is 6.07. The summed E-state index contributed by atoms with van der Waals surface area (Å²) in [5.41, 5.74) is 0.0769. The monoisotopic (exact) mass is 311 g/mol. The van der Waals surface area contributed by atoms with Gasteiger partial charge in [-0.05, 0) is 32.2 Å². The third kappa shape index (κ3) is 4.93. The summed E-state index contributed by atoms with van der Waals surface area (Å²) in [6.07, 6.45) is 0.0266. The summed E-state index contributed by atoms with van der Waals surface area (Å²) in [7, 11) is 0. The van der Waals surface area contributed by atoms with E-state index in [9.17, 15) is 9.90 Å². The van der Waals surface area contributed by atoms with E-state index in [-0.39, 0.29) is 5.75 Å². The molecular formula is C19H21NO3. The molecule has 0 spiro atoms. The van der Waals surface area contributed by atoms with Gasteiger partial charge in [-0.25, -0.2) is 4.79 Å². The number of alkyl carbamates (subject to hydrolysis) is 1. The van der Waals surface area contributed by atoms with Crippen LogP contribution in [0, 0.1) is 11.8 Å². The highest BCUT2D eigenvalue weighted by Gasteiger charge is 2.15. The van der Waals surface area contributed by atoms with Crippen LogP contribution in [0.4, 0.5) is 4.79 Å². The first kappa shape index (κ1) is 16.7. The Kier molecular flexibility index (Phi) is 5.13. The van der Waals surface area contributed by atoms with Gasteiger partial charge in [0, 0.05) is 18.4 Å². The topological polar surface area (TPSA) is 58.6 Å². The number of carbonyl (C=O) groups is 1. The highest BCUT2D eigenvalue weighted by molar-refractivity contribution is 5.90. The predicted molar refractivity (Wildman–Crippen MR) is 91.3 cm³/mol. The van der Waals surface area contributed by atoms with Gasteiger partial charge in [-0.3, -0.25) is 0 Å². The number of rotatable bonds is 2. The van der Waals surface area contributed by atoms with Gasteiger partial charge >= 0.3 is 6.09 Å². The molecule has 4 nitrogen and oxygen atoms in total. The lowest BCUT2D eigenvalue weighted by atomic mass is 10.1. The first-order valence-electron chi connectivity index (χ1n) is 7.53. The minimum atomic E-state index is -0.507. The number of amides is 1. The van der Waals surface area contributed by atoms with Crippen molar-refractivity contribution in [2.45, 2.75) is 32.8 Å². The number of benzene rings is 2. The first-order chi connectivity index (χ1) is 10.9. The second-order valence-corrected chi connectivity index (χ2v) is 6.16. The normalized spacial score (nSPS) is 10.7. The molecular weight excluding hydrogens is 290 g/mol. The standard InChI is InChI=1S/C19H21NO3/c1-19(2,3)23-18(22)20-13-7-6-9-15-12-11-14-8-4-5-10-16(14)17(15)21/h4-5,8,10-12,21H,7,13H2,1-3H3,(H,20,22). The molecule has 0 aliphatic heterocycles. The van der Waals surface area contributed by atoms with Crippen LogP contribution in [-0.2, 0) is 4.74 Å². The van der Waals surface area contributed by atoms with E-state index in [0.717, 1.165) is 10.8 Å². The maximum absolute atomic E-state index is 11.5. The Labute approximate surface area is 136 Å². The Morgan fingerprint density at radius 2 is 1.96 bits per heavy atom. The minimum absolute atomic E-state index is 0.190. The summed E-state index contributed by atoms with van der Waals surface area (Å²) in [5, 5.41) is 14.6. The van der Waals surface area contributed by atoms with Crippen molar-refractivity contribution < 1.29 is 14.6 Å². The van der Waals surface area contributed by atoms with Crippen LogP contribution >= 0.6 is 0 Å². The number of carbonyl (C=O) groups excluding carboxylic acids is 1. The number of ether oxygens (including phenoxy) is 1. The quantitative estimate of drug-likeness (QED) is 0.655. The Morgan fingerprint density at radius 3 is 2.70 bits per heavy atom. The molecule has 0 bridgehead atoms. The predicted octanol–water partition coefficient (Wildman–Crippen LogP) is 3.81. The smallest absolute Gasteiger partial charge is 0.407 e. The average molecular weight is 311 g/mol. The van der Waals surface area contributed by atoms with Gasteiger partial charge in [0.05, 0.1) is 5.56 Å². The van der Waals surface area contributed by atoms with E-state index >= 15 is 0 Å². The van der Waals surface area contributed by atoms with Crippen LogP contribution in [0.1, 0.15) is 32.8 Å². The van der Waals surface area contributed by atoms with E-state index in [1.54, 1.807) is 6.07 Å². The van der Waals surface area contributed by atoms with E-state index < -0.39 is 11.7 Å². The molecule has 0 aliphatic carbocycles. The molecule has 0 fully saturated rings. The SMILES string of the molecule is CC(C)(C)OC(=O)NCCC#Cc1ccc2ccccc2c1O. The molecule has 0 aliphatic rings. The molecule has 2 N–H and O–H groups in total. The zero-order valence-electron chi connectivity index (χ0n) is 13.6. The van der Waals surface area contributed by atoms with Crippen molar-refractivity contribution in [1.82, 2.24) is 5.32 Å². The van der Waals surface area contributed by atoms with Gasteiger partial charge in [-0.15, -0.1) is 0 Å². The molecule has 2 aromatic rings. The number of hydrogen-bond donors (Lipinski definition) is 2. The molecule has 2 aromatic carbocycles. The molecule has 0 aromatic heterocycles. The van der Waals surface area contributed by atoms with Gasteiger partial charge < -0.3 is 15.2 Å². The van der Waals surface area contributed by atoms with Gasteiger partial charge in [0.1, 0.15) is 11.4 Å². The highest BCUT2D eigenvalue weighted by Crippen LogP contribution is 2.27. The van der Waals surface area contributed by atoms with Crippen LogP contribution in [0.2, 0.25) is 0 Å². The van der Waals surface area contributed by atoms with Crippen LogP contribution in [0.25, 0.3) is 10.8 Å². The number of phenols is 1. The Bertz CT molecular complexity index is 764. The van der Waals surface area contributed by atoms with E-state index in [0.29, 0.717) is 18.5 Å². The fourth-order valence-electron chi connectivity index (χ4n) is 2.05. The van der Waals surface area contributed by atoms with Crippen molar-refractivity contribution in [2.24, 2.45) is 0 Å². The van der Waals surface area contributed by atoms with Crippen LogP contribution in [-0.4, -0.2) is 23.3 Å². The Hall–Kier alpha value is -2.67. The molecule has 23 heavy (non-hydrogen) atoms. The average Bonchev–Trinajstić information content (AvgIpc) is 2.47.